The topological polar surface area (TPSA) is 82.1 Å². The van der Waals surface area contributed by atoms with Crippen molar-refractivity contribution in [2.45, 2.75) is 46.1 Å². The molecule has 1 saturated carbocycles. The zero-order chi connectivity index (χ0) is 17.0. The third kappa shape index (κ3) is 5.20. The van der Waals surface area contributed by atoms with Gasteiger partial charge in [0, 0.05) is 6.54 Å². The second-order valence-corrected chi connectivity index (χ2v) is 6.41. The first-order valence-corrected chi connectivity index (χ1v) is 7.35. The Morgan fingerprint density at radius 2 is 1.77 bits per heavy atom. The van der Waals surface area contributed by atoms with Crippen LogP contribution in [-0.4, -0.2) is 55.3 Å². The van der Waals surface area contributed by atoms with E-state index in [0.29, 0.717) is 12.8 Å². The van der Waals surface area contributed by atoms with E-state index < -0.39 is 23.1 Å². The van der Waals surface area contributed by atoms with Gasteiger partial charge in [0.1, 0.15) is 12.1 Å². The van der Waals surface area contributed by atoms with E-state index in [2.05, 4.69) is 4.74 Å². The van der Waals surface area contributed by atoms with Crippen molar-refractivity contribution in [2.24, 2.45) is 5.41 Å². The molecule has 0 aromatic heterocycles. The van der Waals surface area contributed by atoms with Gasteiger partial charge in [-0.2, -0.15) is 0 Å². The van der Waals surface area contributed by atoms with E-state index in [-0.39, 0.29) is 25.7 Å². The van der Waals surface area contributed by atoms with Crippen LogP contribution in [0.5, 0.6) is 0 Å². The minimum atomic E-state index is -0.721. The fourth-order valence-corrected chi connectivity index (χ4v) is 1.96. The van der Waals surface area contributed by atoms with Gasteiger partial charge in [-0.15, -0.1) is 0 Å². The van der Waals surface area contributed by atoms with Gasteiger partial charge in [0.05, 0.1) is 19.1 Å². The first-order valence-electron chi connectivity index (χ1n) is 7.35. The van der Waals surface area contributed by atoms with Crippen LogP contribution in [0.4, 0.5) is 4.79 Å². The molecule has 0 aliphatic heterocycles. The summed E-state index contributed by atoms with van der Waals surface area (Å²) in [4.78, 5) is 37.0. The van der Waals surface area contributed by atoms with Crippen LogP contribution in [-0.2, 0) is 23.8 Å². The highest BCUT2D eigenvalue weighted by Crippen LogP contribution is 2.47. The van der Waals surface area contributed by atoms with Crippen molar-refractivity contribution in [1.29, 1.82) is 0 Å². The Morgan fingerprint density at radius 3 is 2.18 bits per heavy atom. The lowest BCUT2D eigenvalue weighted by molar-refractivity contribution is -0.151. The standard InChI is InChI=1S/C15H25NO6/c1-6-21-12(18)15(7-8-15)10-16(9-11(17)20-5)13(19)22-14(2,3)4/h6-10H2,1-5H3. The van der Waals surface area contributed by atoms with Crippen molar-refractivity contribution >= 4 is 18.0 Å². The summed E-state index contributed by atoms with van der Waals surface area (Å²) in [6.45, 7) is 7.05. The third-order valence-corrected chi connectivity index (χ3v) is 3.25. The average molecular weight is 315 g/mol. The molecule has 1 rings (SSSR count). The number of ether oxygens (including phenoxy) is 3. The molecule has 0 N–H and O–H groups in total. The van der Waals surface area contributed by atoms with Crippen molar-refractivity contribution in [1.82, 2.24) is 4.90 Å². The lowest BCUT2D eigenvalue weighted by Crippen LogP contribution is -2.45. The van der Waals surface area contributed by atoms with Gasteiger partial charge in [-0.25, -0.2) is 4.79 Å². The molecule has 7 heteroatoms. The number of carbonyl (C=O) groups excluding carboxylic acids is 3. The maximum Gasteiger partial charge on any atom is 0.410 e. The van der Waals surface area contributed by atoms with Crippen molar-refractivity contribution in [3.8, 4) is 0 Å². The molecular weight excluding hydrogens is 290 g/mol. The zero-order valence-corrected chi connectivity index (χ0v) is 13.9. The van der Waals surface area contributed by atoms with Gasteiger partial charge in [0.2, 0.25) is 0 Å². The molecule has 22 heavy (non-hydrogen) atoms. The van der Waals surface area contributed by atoms with Gasteiger partial charge in [-0.3, -0.25) is 14.5 Å². The average Bonchev–Trinajstić information content (AvgIpc) is 3.17. The minimum absolute atomic E-state index is 0.0931. The second-order valence-electron chi connectivity index (χ2n) is 6.41. The highest BCUT2D eigenvalue weighted by atomic mass is 16.6. The first kappa shape index (κ1) is 18.3. The van der Waals surface area contributed by atoms with Gasteiger partial charge in [-0.1, -0.05) is 0 Å². The maximum absolute atomic E-state index is 12.2. The van der Waals surface area contributed by atoms with E-state index in [1.165, 1.54) is 12.0 Å². The summed E-state index contributed by atoms with van der Waals surface area (Å²) in [5.74, 6) is -0.904. The fraction of sp³-hybridized carbons (Fsp3) is 0.800. The van der Waals surface area contributed by atoms with Gasteiger partial charge >= 0.3 is 18.0 Å². The molecule has 0 radical (unpaired) electrons. The second kappa shape index (κ2) is 6.98. The number of rotatable bonds is 6. The largest absolute Gasteiger partial charge is 0.468 e. The Balaban J connectivity index is 2.80. The molecule has 1 amide bonds. The number of nitrogens with zero attached hydrogens (tertiary/aromatic N) is 1. The Kier molecular flexibility index (Phi) is 5.79. The fourth-order valence-electron chi connectivity index (χ4n) is 1.96. The zero-order valence-electron chi connectivity index (χ0n) is 13.9. The van der Waals surface area contributed by atoms with Crippen molar-refractivity contribution in [3.63, 3.8) is 0 Å². The number of hydrogen-bond donors (Lipinski definition) is 0. The van der Waals surface area contributed by atoms with E-state index in [4.69, 9.17) is 9.47 Å². The van der Waals surface area contributed by atoms with E-state index in [1.807, 2.05) is 0 Å². The van der Waals surface area contributed by atoms with Gasteiger partial charge < -0.3 is 14.2 Å². The number of amides is 1. The predicted molar refractivity (Wildman–Crippen MR) is 78.1 cm³/mol. The normalized spacial score (nSPS) is 15.7. The first-order chi connectivity index (χ1) is 10.1. The molecule has 0 spiro atoms. The van der Waals surface area contributed by atoms with Crippen LogP contribution in [0.1, 0.15) is 40.5 Å². The van der Waals surface area contributed by atoms with E-state index in [0.717, 1.165) is 0 Å². The summed E-state index contributed by atoms with van der Waals surface area (Å²) in [6.07, 6.45) is 0.618. The monoisotopic (exact) mass is 315 g/mol. The number of methoxy groups -OCH3 is 1. The van der Waals surface area contributed by atoms with Gasteiger partial charge in [0.15, 0.2) is 0 Å². The lowest BCUT2D eigenvalue weighted by Gasteiger charge is -2.29. The molecule has 0 atom stereocenters. The molecule has 1 aliphatic carbocycles. The quantitative estimate of drug-likeness (QED) is 0.548. The molecule has 0 aromatic carbocycles. The summed E-state index contributed by atoms with van der Waals surface area (Å²) in [6, 6.07) is 0. The summed E-state index contributed by atoms with van der Waals surface area (Å²) >= 11 is 0. The Hall–Kier alpha value is -1.79. The molecule has 0 aromatic rings. The van der Waals surface area contributed by atoms with Crippen LogP contribution >= 0.6 is 0 Å². The molecular formula is C15H25NO6. The molecule has 126 valence electrons. The van der Waals surface area contributed by atoms with E-state index >= 15 is 0 Å². The number of hydrogen-bond acceptors (Lipinski definition) is 6. The number of esters is 2. The molecule has 1 aliphatic rings. The summed E-state index contributed by atoms with van der Waals surface area (Å²) in [7, 11) is 1.24. The maximum atomic E-state index is 12.2. The van der Waals surface area contributed by atoms with Gasteiger partial charge in [-0.05, 0) is 40.5 Å². The lowest BCUT2D eigenvalue weighted by atomic mass is 10.1. The van der Waals surface area contributed by atoms with Gasteiger partial charge in [0.25, 0.3) is 0 Å². The molecule has 0 heterocycles. The summed E-state index contributed by atoms with van der Waals surface area (Å²) in [5.41, 5.74) is -1.41. The summed E-state index contributed by atoms with van der Waals surface area (Å²) < 4.78 is 14.9. The Bertz CT molecular complexity index is 436. The van der Waals surface area contributed by atoms with Crippen LogP contribution in [0.25, 0.3) is 0 Å². The van der Waals surface area contributed by atoms with Crippen LogP contribution in [0.15, 0.2) is 0 Å². The van der Waals surface area contributed by atoms with Crippen LogP contribution in [0.2, 0.25) is 0 Å². The van der Waals surface area contributed by atoms with Crippen LogP contribution in [0, 0.1) is 5.41 Å². The Labute approximate surface area is 130 Å². The van der Waals surface area contributed by atoms with E-state index in [1.54, 1.807) is 27.7 Å². The predicted octanol–water partition coefficient (Wildman–Crippen LogP) is 1.74. The van der Waals surface area contributed by atoms with Crippen LogP contribution < -0.4 is 0 Å². The minimum Gasteiger partial charge on any atom is -0.468 e. The third-order valence-electron chi connectivity index (χ3n) is 3.25. The highest BCUT2D eigenvalue weighted by molar-refractivity contribution is 5.82. The molecule has 7 nitrogen and oxygen atoms in total. The van der Waals surface area contributed by atoms with E-state index in [9.17, 15) is 14.4 Å². The van der Waals surface area contributed by atoms with Crippen LogP contribution in [0.3, 0.4) is 0 Å². The number of carbonyl (C=O) groups is 3. The van der Waals surface area contributed by atoms with Crippen molar-refractivity contribution < 1.29 is 28.6 Å². The van der Waals surface area contributed by atoms with Crippen molar-refractivity contribution in [3.05, 3.63) is 0 Å². The SMILES string of the molecule is CCOC(=O)C1(CN(CC(=O)OC)C(=O)OC(C)(C)C)CC1. The highest BCUT2D eigenvalue weighted by Gasteiger charge is 2.53. The smallest absolute Gasteiger partial charge is 0.410 e. The Morgan fingerprint density at radius 1 is 1.18 bits per heavy atom. The molecule has 1 fully saturated rings. The van der Waals surface area contributed by atoms with Crippen molar-refractivity contribution in [2.75, 3.05) is 26.8 Å². The molecule has 0 saturated heterocycles. The summed E-state index contributed by atoms with van der Waals surface area (Å²) in [5, 5.41) is 0. The molecule has 0 unspecified atom stereocenters. The molecule has 0 bridgehead atoms.